The number of rotatable bonds is 6. The highest BCUT2D eigenvalue weighted by Crippen LogP contribution is 2.24. The van der Waals surface area contributed by atoms with Crippen molar-refractivity contribution in [2.75, 3.05) is 50.6 Å². The number of piperidine rings is 1. The minimum Gasteiger partial charge on any atom is -0.395 e. The van der Waals surface area contributed by atoms with Crippen molar-refractivity contribution in [2.24, 2.45) is 0 Å². The molecule has 3 rings (SSSR count). The Morgan fingerprint density at radius 1 is 1.15 bits per heavy atom. The molecular formula is C19H26N4O3. The largest absolute Gasteiger partial charge is 0.395 e. The van der Waals surface area contributed by atoms with Gasteiger partial charge in [-0.2, -0.15) is 0 Å². The number of carbonyl (C=O) groups excluding carboxylic acids is 2. The monoisotopic (exact) mass is 358 g/mol. The molecule has 26 heavy (non-hydrogen) atoms. The summed E-state index contributed by atoms with van der Waals surface area (Å²) in [5, 5.41) is 11.9. The van der Waals surface area contributed by atoms with Crippen LogP contribution < -0.4 is 10.2 Å². The number of hydrogen-bond donors (Lipinski definition) is 2. The van der Waals surface area contributed by atoms with Crippen LogP contribution in [0.15, 0.2) is 36.0 Å². The van der Waals surface area contributed by atoms with E-state index in [0.717, 1.165) is 42.2 Å². The number of aliphatic hydroxyl groups is 1. The molecule has 1 aromatic carbocycles. The number of amides is 2. The van der Waals surface area contributed by atoms with Crippen LogP contribution in [0, 0.1) is 0 Å². The van der Waals surface area contributed by atoms with Gasteiger partial charge in [-0.1, -0.05) is 0 Å². The molecule has 0 atom stereocenters. The maximum absolute atomic E-state index is 12.2. The van der Waals surface area contributed by atoms with Crippen molar-refractivity contribution < 1.29 is 14.7 Å². The lowest BCUT2D eigenvalue weighted by Gasteiger charge is -2.36. The smallest absolute Gasteiger partial charge is 0.277 e. The number of anilines is 2. The summed E-state index contributed by atoms with van der Waals surface area (Å²) in [6.07, 6.45) is 3.58. The fraction of sp³-hybridized carbons (Fsp3) is 0.474. The molecule has 1 saturated heterocycles. The van der Waals surface area contributed by atoms with Gasteiger partial charge in [0.25, 0.3) is 11.8 Å². The van der Waals surface area contributed by atoms with E-state index < -0.39 is 11.8 Å². The third-order valence-corrected chi connectivity index (χ3v) is 5.04. The predicted octanol–water partition coefficient (Wildman–Crippen LogP) is 0.874. The number of carbonyl (C=O) groups is 2. The fourth-order valence-corrected chi connectivity index (χ4v) is 3.46. The number of nitrogens with zero attached hydrogens (tertiary/aromatic N) is 3. The van der Waals surface area contributed by atoms with Gasteiger partial charge in [0.15, 0.2) is 0 Å². The predicted molar refractivity (Wildman–Crippen MR) is 101 cm³/mol. The van der Waals surface area contributed by atoms with Crippen molar-refractivity contribution in [1.82, 2.24) is 9.80 Å². The van der Waals surface area contributed by atoms with Crippen molar-refractivity contribution in [3.8, 4) is 0 Å². The van der Waals surface area contributed by atoms with Gasteiger partial charge >= 0.3 is 0 Å². The SMILES string of the molecule is CN(C)C1CCN(c2ccc(NC3=CC(=O)N(CCO)C3=O)cc2)CC1. The molecule has 2 N–H and O–H groups in total. The molecule has 0 aliphatic carbocycles. The molecule has 0 aromatic heterocycles. The van der Waals surface area contributed by atoms with E-state index in [9.17, 15) is 9.59 Å². The summed E-state index contributed by atoms with van der Waals surface area (Å²) < 4.78 is 0. The second-order valence-corrected chi connectivity index (χ2v) is 6.93. The van der Waals surface area contributed by atoms with Gasteiger partial charge in [-0.05, 0) is 51.2 Å². The lowest BCUT2D eigenvalue weighted by Crippen LogP contribution is -2.41. The lowest BCUT2D eigenvalue weighted by atomic mass is 10.0. The van der Waals surface area contributed by atoms with E-state index in [1.165, 1.54) is 6.08 Å². The van der Waals surface area contributed by atoms with Gasteiger partial charge in [0, 0.05) is 36.6 Å². The molecule has 7 nitrogen and oxygen atoms in total. The molecule has 0 bridgehead atoms. The average molecular weight is 358 g/mol. The Labute approximate surface area is 153 Å². The van der Waals surface area contributed by atoms with Gasteiger partial charge in [-0.25, -0.2) is 0 Å². The topological polar surface area (TPSA) is 76.1 Å². The Morgan fingerprint density at radius 3 is 2.38 bits per heavy atom. The van der Waals surface area contributed by atoms with Gasteiger partial charge in [0.1, 0.15) is 5.70 Å². The Balaban J connectivity index is 1.60. The number of nitrogens with one attached hydrogen (secondary N) is 1. The highest BCUT2D eigenvalue weighted by atomic mass is 16.3. The van der Waals surface area contributed by atoms with Crippen molar-refractivity contribution >= 4 is 23.2 Å². The van der Waals surface area contributed by atoms with Gasteiger partial charge in [0.05, 0.1) is 13.2 Å². The summed E-state index contributed by atoms with van der Waals surface area (Å²) in [6, 6.07) is 8.55. The standard InChI is InChI=1S/C19H26N4O3/c1-21(2)15-7-9-22(10-8-15)16-5-3-14(4-6-16)20-17-13-18(25)23(11-12-24)19(17)26/h3-6,13,15,20,24H,7-12H2,1-2H3. The lowest BCUT2D eigenvalue weighted by molar-refractivity contribution is -0.137. The number of hydrogen-bond acceptors (Lipinski definition) is 6. The van der Waals surface area contributed by atoms with Crippen LogP contribution in [0.1, 0.15) is 12.8 Å². The maximum Gasteiger partial charge on any atom is 0.277 e. The highest BCUT2D eigenvalue weighted by Gasteiger charge is 2.30. The molecule has 1 fully saturated rings. The first kappa shape index (κ1) is 18.4. The van der Waals surface area contributed by atoms with Crippen LogP contribution in [0.3, 0.4) is 0 Å². The third-order valence-electron chi connectivity index (χ3n) is 5.04. The molecule has 0 saturated carbocycles. The van der Waals surface area contributed by atoms with E-state index in [2.05, 4.69) is 29.2 Å². The Bertz CT molecular complexity index is 691. The van der Waals surface area contributed by atoms with Gasteiger partial charge in [0.2, 0.25) is 0 Å². The Hall–Kier alpha value is -2.38. The minimum atomic E-state index is -0.404. The van der Waals surface area contributed by atoms with E-state index in [1.54, 1.807) is 0 Å². The summed E-state index contributed by atoms with van der Waals surface area (Å²) in [7, 11) is 4.26. The first-order valence-electron chi connectivity index (χ1n) is 8.96. The van der Waals surface area contributed by atoms with E-state index in [-0.39, 0.29) is 18.8 Å². The molecule has 140 valence electrons. The molecule has 7 heteroatoms. The molecule has 2 aliphatic heterocycles. The summed E-state index contributed by atoms with van der Waals surface area (Å²) in [5.74, 6) is -0.800. The summed E-state index contributed by atoms with van der Waals surface area (Å²) in [5.41, 5.74) is 2.16. The van der Waals surface area contributed by atoms with Gasteiger partial charge in [-0.3, -0.25) is 14.5 Å². The average Bonchev–Trinajstić information content (AvgIpc) is 2.90. The van der Waals surface area contributed by atoms with Crippen molar-refractivity contribution in [3.63, 3.8) is 0 Å². The van der Waals surface area contributed by atoms with Crippen LogP contribution in [0.4, 0.5) is 11.4 Å². The highest BCUT2D eigenvalue weighted by molar-refractivity contribution is 6.17. The van der Waals surface area contributed by atoms with Crippen LogP contribution in [0.2, 0.25) is 0 Å². The third kappa shape index (κ3) is 3.89. The van der Waals surface area contributed by atoms with Crippen LogP contribution in [0.5, 0.6) is 0 Å². The second-order valence-electron chi connectivity index (χ2n) is 6.93. The summed E-state index contributed by atoms with van der Waals surface area (Å²) >= 11 is 0. The van der Waals surface area contributed by atoms with Crippen LogP contribution in [-0.4, -0.2) is 73.1 Å². The molecule has 1 aromatic rings. The van der Waals surface area contributed by atoms with Crippen LogP contribution >= 0.6 is 0 Å². The zero-order valence-corrected chi connectivity index (χ0v) is 15.3. The van der Waals surface area contributed by atoms with Crippen LogP contribution in [0.25, 0.3) is 0 Å². The maximum atomic E-state index is 12.2. The number of benzene rings is 1. The Morgan fingerprint density at radius 2 is 1.81 bits per heavy atom. The second kappa shape index (κ2) is 7.88. The van der Waals surface area contributed by atoms with Crippen LogP contribution in [-0.2, 0) is 9.59 Å². The summed E-state index contributed by atoms with van der Waals surface area (Å²) in [4.78, 5) is 29.6. The van der Waals surface area contributed by atoms with Gasteiger partial charge in [-0.15, -0.1) is 0 Å². The molecular weight excluding hydrogens is 332 g/mol. The quantitative estimate of drug-likeness (QED) is 0.735. The zero-order valence-electron chi connectivity index (χ0n) is 15.3. The molecule has 2 aliphatic rings. The fourth-order valence-electron chi connectivity index (χ4n) is 3.46. The first-order chi connectivity index (χ1) is 12.5. The number of aliphatic hydroxyl groups excluding tert-OH is 1. The normalized spacial score (nSPS) is 18.7. The van der Waals surface area contributed by atoms with Crippen molar-refractivity contribution in [1.29, 1.82) is 0 Å². The number of imide groups is 1. The van der Waals surface area contributed by atoms with E-state index in [0.29, 0.717) is 6.04 Å². The number of β-amino-alcohol motifs (C(OH)–C–C–N with tert-alkyl or cyclic N) is 1. The van der Waals surface area contributed by atoms with Crippen molar-refractivity contribution in [2.45, 2.75) is 18.9 Å². The Kier molecular flexibility index (Phi) is 5.58. The molecule has 0 spiro atoms. The molecule has 2 amide bonds. The van der Waals surface area contributed by atoms with E-state index in [4.69, 9.17) is 5.11 Å². The first-order valence-corrected chi connectivity index (χ1v) is 8.96. The molecule has 0 radical (unpaired) electrons. The molecule has 2 heterocycles. The van der Waals surface area contributed by atoms with Crippen molar-refractivity contribution in [3.05, 3.63) is 36.0 Å². The summed E-state index contributed by atoms with van der Waals surface area (Å²) in [6.45, 7) is 1.84. The van der Waals surface area contributed by atoms with E-state index in [1.807, 2.05) is 24.3 Å². The molecule has 0 unspecified atom stereocenters. The minimum absolute atomic E-state index is 0.0151. The van der Waals surface area contributed by atoms with E-state index >= 15 is 0 Å². The zero-order chi connectivity index (χ0) is 18.7. The van der Waals surface area contributed by atoms with Gasteiger partial charge < -0.3 is 20.2 Å².